The zero-order valence-corrected chi connectivity index (χ0v) is 9.41. The molecule has 1 nitrogen and oxygen atoms in total. The average Bonchev–Trinajstić information content (AvgIpc) is 2.00. The molecule has 0 spiro atoms. The molecule has 0 saturated heterocycles. The first-order chi connectivity index (χ1) is 5.52. The van der Waals surface area contributed by atoms with E-state index in [1.807, 2.05) is 0 Å². The maximum Gasteiger partial charge on any atom is 0.0127 e. The van der Waals surface area contributed by atoms with E-state index in [4.69, 9.17) is 0 Å². The highest BCUT2D eigenvalue weighted by Crippen LogP contribution is 2.18. The second kappa shape index (κ2) is 5.58. The zero-order chi connectivity index (χ0) is 9.61. The van der Waals surface area contributed by atoms with Gasteiger partial charge in [0.15, 0.2) is 0 Å². The van der Waals surface area contributed by atoms with Crippen molar-refractivity contribution in [1.29, 1.82) is 0 Å². The summed E-state index contributed by atoms with van der Waals surface area (Å²) in [6, 6.07) is 0. The Morgan fingerprint density at radius 3 is 2.25 bits per heavy atom. The van der Waals surface area contributed by atoms with Gasteiger partial charge in [-0.2, -0.15) is 0 Å². The molecule has 0 aromatic rings. The van der Waals surface area contributed by atoms with E-state index in [1.54, 1.807) is 0 Å². The van der Waals surface area contributed by atoms with E-state index in [9.17, 15) is 0 Å². The third-order valence-electron chi connectivity index (χ3n) is 2.41. The zero-order valence-electron chi connectivity index (χ0n) is 9.41. The molecule has 0 rings (SSSR count). The monoisotopic (exact) mass is 171 g/mol. The van der Waals surface area contributed by atoms with Crippen molar-refractivity contribution in [2.24, 2.45) is 5.92 Å². The molecule has 0 fully saturated rings. The standard InChI is InChI=1S/C11H25N/c1-6-8-12-11(4,5)9-10(3)7-2/h10,12H,6-9H2,1-5H3. The third kappa shape index (κ3) is 5.59. The van der Waals surface area contributed by atoms with Gasteiger partial charge in [0.25, 0.3) is 0 Å². The quantitative estimate of drug-likeness (QED) is 0.647. The number of hydrogen-bond acceptors (Lipinski definition) is 1. The fraction of sp³-hybridized carbons (Fsp3) is 1.00. The lowest BCUT2D eigenvalue weighted by Gasteiger charge is -2.29. The number of hydrogen-bond donors (Lipinski definition) is 1. The van der Waals surface area contributed by atoms with Crippen molar-refractivity contribution in [3.05, 3.63) is 0 Å². The summed E-state index contributed by atoms with van der Waals surface area (Å²) in [7, 11) is 0. The van der Waals surface area contributed by atoms with Gasteiger partial charge in [0.2, 0.25) is 0 Å². The molecule has 1 heteroatoms. The highest BCUT2D eigenvalue weighted by molar-refractivity contribution is 4.78. The molecule has 12 heavy (non-hydrogen) atoms. The first kappa shape index (κ1) is 12.0. The van der Waals surface area contributed by atoms with E-state index < -0.39 is 0 Å². The molecule has 0 aliphatic rings. The van der Waals surface area contributed by atoms with Crippen molar-refractivity contribution >= 4 is 0 Å². The lowest BCUT2D eigenvalue weighted by Crippen LogP contribution is -2.40. The van der Waals surface area contributed by atoms with Crippen LogP contribution in [0.5, 0.6) is 0 Å². The predicted octanol–water partition coefficient (Wildman–Crippen LogP) is 3.20. The Balaban J connectivity index is 3.69. The fourth-order valence-electron chi connectivity index (χ4n) is 1.55. The Hall–Kier alpha value is -0.0400. The van der Waals surface area contributed by atoms with Gasteiger partial charge >= 0.3 is 0 Å². The highest BCUT2D eigenvalue weighted by Gasteiger charge is 2.18. The van der Waals surface area contributed by atoms with Gasteiger partial charge in [-0.1, -0.05) is 27.2 Å². The minimum atomic E-state index is 0.325. The molecule has 0 bridgehead atoms. The lowest BCUT2D eigenvalue weighted by atomic mass is 9.90. The number of rotatable bonds is 6. The van der Waals surface area contributed by atoms with Crippen LogP contribution in [-0.4, -0.2) is 12.1 Å². The van der Waals surface area contributed by atoms with Crippen LogP contribution in [0.25, 0.3) is 0 Å². The smallest absolute Gasteiger partial charge is 0.0127 e. The van der Waals surface area contributed by atoms with Gasteiger partial charge in [0.05, 0.1) is 0 Å². The molecule has 0 amide bonds. The van der Waals surface area contributed by atoms with E-state index in [0.717, 1.165) is 12.5 Å². The highest BCUT2D eigenvalue weighted by atomic mass is 14.9. The SMILES string of the molecule is CCCNC(C)(C)CC(C)CC. The summed E-state index contributed by atoms with van der Waals surface area (Å²) in [5.41, 5.74) is 0.325. The van der Waals surface area contributed by atoms with Gasteiger partial charge in [0, 0.05) is 5.54 Å². The summed E-state index contributed by atoms with van der Waals surface area (Å²) >= 11 is 0. The summed E-state index contributed by atoms with van der Waals surface area (Å²) in [4.78, 5) is 0. The maximum absolute atomic E-state index is 3.57. The Morgan fingerprint density at radius 2 is 1.83 bits per heavy atom. The Bertz CT molecular complexity index is 108. The third-order valence-corrected chi connectivity index (χ3v) is 2.41. The first-order valence-corrected chi connectivity index (χ1v) is 5.27. The van der Waals surface area contributed by atoms with Gasteiger partial charge < -0.3 is 5.32 Å². The molecule has 0 aliphatic heterocycles. The van der Waals surface area contributed by atoms with Crippen molar-refractivity contribution < 1.29 is 0 Å². The van der Waals surface area contributed by atoms with Gasteiger partial charge in [-0.15, -0.1) is 0 Å². The van der Waals surface area contributed by atoms with Gasteiger partial charge in [0.1, 0.15) is 0 Å². The van der Waals surface area contributed by atoms with Crippen LogP contribution in [0.15, 0.2) is 0 Å². The first-order valence-electron chi connectivity index (χ1n) is 5.27. The predicted molar refractivity (Wildman–Crippen MR) is 56.4 cm³/mol. The van der Waals surface area contributed by atoms with Crippen LogP contribution >= 0.6 is 0 Å². The maximum atomic E-state index is 3.57. The molecule has 1 unspecified atom stereocenters. The molecule has 0 aromatic heterocycles. The van der Waals surface area contributed by atoms with Crippen LogP contribution in [0.3, 0.4) is 0 Å². The summed E-state index contributed by atoms with van der Waals surface area (Å²) in [6.45, 7) is 12.6. The van der Waals surface area contributed by atoms with E-state index in [2.05, 4.69) is 39.9 Å². The summed E-state index contributed by atoms with van der Waals surface area (Å²) in [6.07, 6.45) is 3.80. The minimum Gasteiger partial charge on any atom is -0.312 e. The molecule has 74 valence electrons. The van der Waals surface area contributed by atoms with E-state index in [0.29, 0.717) is 5.54 Å². The molecule has 0 aromatic carbocycles. The fourth-order valence-corrected chi connectivity index (χ4v) is 1.55. The normalized spacial score (nSPS) is 14.8. The Labute approximate surface area is 77.9 Å². The van der Waals surface area contributed by atoms with Crippen LogP contribution in [0, 0.1) is 5.92 Å². The Kier molecular flexibility index (Phi) is 5.56. The summed E-state index contributed by atoms with van der Waals surface area (Å²) < 4.78 is 0. The Morgan fingerprint density at radius 1 is 1.25 bits per heavy atom. The largest absolute Gasteiger partial charge is 0.312 e. The van der Waals surface area contributed by atoms with Crippen molar-refractivity contribution in [3.63, 3.8) is 0 Å². The number of nitrogens with one attached hydrogen (secondary N) is 1. The average molecular weight is 171 g/mol. The van der Waals surface area contributed by atoms with Crippen molar-refractivity contribution in [1.82, 2.24) is 5.32 Å². The molecular weight excluding hydrogens is 146 g/mol. The second-order valence-electron chi connectivity index (χ2n) is 4.53. The van der Waals surface area contributed by atoms with Crippen LogP contribution in [-0.2, 0) is 0 Å². The van der Waals surface area contributed by atoms with Crippen LogP contribution in [0.4, 0.5) is 0 Å². The van der Waals surface area contributed by atoms with E-state index in [1.165, 1.54) is 19.3 Å². The van der Waals surface area contributed by atoms with Crippen molar-refractivity contribution in [3.8, 4) is 0 Å². The summed E-state index contributed by atoms with van der Waals surface area (Å²) in [5.74, 6) is 0.837. The minimum absolute atomic E-state index is 0.325. The molecule has 0 radical (unpaired) electrons. The van der Waals surface area contributed by atoms with Crippen molar-refractivity contribution in [2.45, 2.75) is 59.4 Å². The van der Waals surface area contributed by atoms with Crippen LogP contribution in [0.2, 0.25) is 0 Å². The molecule has 1 atom stereocenters. The molecular formula is C11H25N. The topological polar surface area (TPSA) is 12.0 Å². The van der Waals surface area contributed by atoms with Gasteiger partial charge in [-0.3, -0.25) is 0 Å². The van der Waals surface area contributed by atoms with E-state index >= 15 is 0 Å². The molecule has 0 saturated carbocycles. The van der Waals surface area contributed by atoms with Gasteiger partial charge in [-0.25, -0.2) is 0 Å². The van der Waals surface area contributed by atoms with E-state index in [-0.39, 0.29) is 0 Å². The van der Waals surface area contributed by atoms with Crippen LogP contribution < -0.4 is 5.32 Å². The van der Waals surface area contributed by atoms with Gasteiger partial charge in [-0.05, 0) is 39.2 Å². The molecule has 0 aliphatic carbocycles. The molecule has 1 N–H and O–H groups in total. The second-order valence-corrected chi connectivity index (χ2v) is 4.53. The summed E-state index contributed by atoms with van der Waals surface area (Å²) in [5, 5.41) is 3.57. The molecule has 0 heterocycles. The van der Waals surface area contributed by atoms with Crippen LogP contribution in [0.1, 0.15) is 53.9 Å². The lowest BCUT2D eigenvalue weighted by molar-refractivity contribution is 0.304. The van der Waals surface area contributed by atoms with Crippen molar-refractivity contribution in [2.75, 3.05) is 6.54 Å².